The fourth-order valence-electron chi connectivity index (χ4n) is 4.07. The predicted molar refractivity (Wildman–Crippen MR) is 132 cm³/mol. The van der Waals surface area contributed by atoms with Crippen LogP contribution in [-0.4, -0.2) is 61.8 Å². The van der Waals surface area contributed by atoms with Crippen LogP contribution in [0.1, 0.15) is 31.4 Å². The third-order valence-corrected chi connectivity index (χ3v) is 8.05. The van der Waals surface area contributed by atoms with E-state index >= 15 is 8.78 Å². The van der Waals surface area contributed by atoms with Gasteiger partial charge >= 0.3 is 13.3 Å². The summed E-state index contributed by atoms with van der Waals surface area (Å²) in [7, 11) is -3.49. The van der Waals surface area contributed by atoms with Crippen LogP contribution in [-0.2, 0) is 45.8 Å². The minimum absolute atomic E-state index is 0.0870. The van der Waals surface area contributed by atoms with Gasteiger partial charge in [0.1, 0.15) is 18.3 Å². The molecule has 0 amide bonds. The van der Waals surface area contributed by atoms with Crippen molar-refractivity contribution < 1.29 is 46.4 Å². The molecule has 0 aromatic heterocycles. The molecule has 1 aliphatic rings. The van der Waals surface area contributed by atoms with Gasteiger partial charge < -0.3 is 33.1 Å². The fourth-order valence-corrected chi connectivity index (χ4v) is 5.61. The Kier molecular flexibility index (Phi) is 11.2. The topological polar surface area (TPSA) is 92.7 Å². The van der Waals surface area contributed by atoms with Crippen molar-refractivity contribution in [3.8, 4) is 0 Å². The van der Waals surface area contributed by atoms with E-state index in [0.717, 1.165) is 11.1 Å². The van der Waals surface area contributed by atoms with Crippen molar-refractivity contribution in [2.75, 3.05) is 20.3 Å². The van der Waals surface area contributed by atoms with E-state index in [1.807, 2.05) is 60.7 Å². The first-order valence-electron chi connectivity index (χ1n) is 12.2. The van der Waals surface area contributed by atoms with Gasteiger partial charge in [-0.25, -0.2) is 0 Å². The van der Waals surface area contributed by atoms with Crippen molar-refractivity contribution in [2.24, 2.45) is 0 Å². The second-order valence-corrected chi connectivity index (χ2v) is 10.7. The predicted octanol–water partition coefficient (Wildman–Crippen LogP) is 5.14. The van der Waals surface area contributed by atoms with Crippen LogP contribution in [0, 0.1) is 0 Å². The monoisotopic (exact) mass is 544 g/mol. The molecule has 1 heterocycles. The van der Waals surface area contributed by atoms with E-state index in [9.17, 15) is 9.67 Å². The number of hydrogen-bond acceptors (Lipinski definition) is 8. The van der Waals surface area contributed by atoms with Crippen LogP contribution in [0.15, 0.2) is 60.7 Å². The van der Waals surface area contributed by atoms with Crippen molar-refractivity contribution in [3.63, 3.8) is 0 Å². The number of aliphatic hydroxyl groups is 1. The van der Waals surface area contributed by atoms with Crippen LogP contribution in [0.25, 0.3) is 0 Å². The Balaban J connectivity index is 1.84. The summed E-state index contributed by atoms with van der Waals surface area (Å²) >= 11 is 0. The SMILES string of the molecule is CCOP(=O)(OCC)C(F)(F)C[C@H]1O[C@H](OC)[C@@H](OCc2ccccc2)[C@@H](OCc2ccccc2)[C@@H]1O. The molecule has 2 aromatic carbocycles. The maximum absolute atomic E-state index is 15.3. The van der Waals surface area contributed by atoms with Crippen LogP contribution in [0.3, 0.4) is 0 Å². The van der Waals surface area contributed by atoms with Gasteiger partial charge in [0.05, 0.1) is 39.0 Å². The van der Waals surface area contributed by atoms with Crippen molar-refractivity contribution in [1.29, 1.82) is 0 Å². The lowest BCUT2D eigenvalue weighted by Gasteiger charge is -2.44. The molecule has 1 saturated heterocycles. The molecule has 3 rings (SSSR count). The summed E-state index contributed by atoms with van der Waals surface area (Å²) in [4.78, 5) is 0. The molecule has 0 bridgehead atoms. The Hall–Kier alpha value is -1.75. The quantitative estimate of drug-likeness (QED) is 0.327. The Morgan fingerprint density at radius 1 is 0.892 bits per heavy atom. The summed E-state index contributed by atoms with van der Waals surface area (Å²) < 4.78 is 76.3. The number of ether oxygens (including phenoxy) is 4. The van der Waals surface area contributed by atoms with Crippen molar-refractivity contribution in [2.45, 2.75) is 69.9 Å². The number of hydrogen-bond donors (Lipinski definition) is 1. The molecule has 5 atom stereocenters. The zero-order chi connectivity index (χ0) is 26.9. The summed E-state index contributed by atoms with van der Waals surface area (Å²) in [6, 6.07) is 18.5. The van der Waals surface area contributed by atoms with E-state index in [2.05, 4.69) is 0 Å². The van der Waals surface area contributed by atoms with Gasteiger partial charge in [0, 0.05) is 7.11 Å². The summed E-state index contributed by atoms with van der Waals surface area (Å²) in [6.07, 6.45) is -7.39. The molecule has 1 N–H and O–H groups in total. The number of halogens is 2. The molecule has 206 valence electrons. The Labute approximate surface area is 216 Å². The molecular formula is C26H35F2O8P. The lowest BCUT2D eigenvalue weighted by Crippen LogP contribution is -2.60. The highest BCUT2D eigenvalue weighted by molar-refractivity contribution is 7.55. The fraction of sp³-hybridized carbons (Fsp3) is 0.538. The van der Waals surface area contributed by atoms with Crippen LogP contribution >= 0.6 is 7.60 Å². The van der Waals surface area contributed by atoms with Gasteiger partial charge in [-0.2, -0.15) is 8.78 Å². The number of aliphatic hydroxyl groups excluding tert-OH is 1. The van der Waals surface area contributed by atoms with Gasteiger partial charge in [-0.15, -0.1) is 0 Å². The van der Waals surface area contributed by atoms with Crippen molar-refractivity contribution >= 4 is 7.60 Å². The number of rotatable bonds is 14. The summed E-state index contributed by atoms with van der Waals surface area (Å²) in [5.41, 5.74) is -2.27. The molecule has 11 heteroatoms. The van der Waals surface area contributed by atoms with Gasteiger partial charge in [-0.05, 0) is 25.0 Å². The highest BCUT2D eigenvalue weighted by atomic mass is 31.2. The average molecular weight is 545 g/mol. The molecule has 37 heavy (non-hydrogen) atoms. The van der Waals surface area contributed by atoms with Gasteiger partial charge in [-0.3, -0.25) is 4.57 Å². The zero-order valence-electron chi connectivity index (χ0n) is 21.2. The molecular weight excluding hydrogens is 509 g/mol. The average Bonchev–Trinajstić information content (AvgIpc) is 2.89. The summed E-state index contributed by atoms with van der Waals surface area (Å²) in [5, 5.41) is 11.2. The van der Waals surface area contributed by atoms with Crippen molar-refractivity contribution in [3.05, 3.63) is 71.8 Å². The lowest BCUT2D eigenvalue weighted by atomic mass is 9.96. The minimum Gasteiger partial charge on any atom is -0.388 e. The van der Waals surface area contributed by atoms with E-state index in [0.29, 0.717) is 0 Å². The van der Waals surface area contributed by atoms with E-state index in [-0.39, 0.29) is 26.4 Å². The first-order chi connectivity index (χ1) is 17.7. The number of benzene rings is 2. The smallest absolute Gasteiger partial charge is 0.388 e. The lowest BCUT2D eigenvalue weighted by molar-refractivity contribution is -0.315. The van der Waals surface area contributed by atoms with Crippen molar-refractivity contribution in [1.82, 2.24) is 0 Å². The standard InChI is InChI=1S/C26H35F2O8P/c1-4-34-37(30,35-5-2)26(27,28)16-21-22(29)23(32-17-19-12-8-6-9-13-19)24(25(31-3)36-21)33-18-20-14-10-7-11-15-20/h6-15,21-25,29H,4-5,16-18H2,1-3H3/t21-,22-,23+,24+,25+/m1/s1. The van der Waals surface area contributed by atoms with Gasteiger partial charge in [0.15, 0.2) is 6.29 Å². The van der Waals surface area contributed by atoms with Crippen LogP contribution in [0.5, 0.6) is 0 Å². The second kappa shape index (κ2) is 13.9. The summed E-state index contributed by atoms with van der Waals surface area (Å²) in [5.74, 6) is 0. The third-order valence-electron chi connectivity index (χ3n) is 5.87. The third kappa shape index (κ3) is 7.65. The molecule has 1 aliphatic heterocycles. The second-order valence-electron chi connectivity index (χ2n) is 8.49. The normalized spacial score (nSPS) is 24.8. The van der Waals surface area contributed by atoms with Gasteiger partial charge in [-0.1, -0.05) is 60.7 Å². The molecule has 8 nitrogen and oxygen atoms in total. The largest absolute Gasteiger partial charge is 0.399 e. The Bertz CT molecular complexity index is 971. The van der Waals surface area contributed by atoms with E-state index < -0.39 is 50.4 Å². The molecule has 1 fully saturated rings. The summed E-state index contributed by atoms with van der Waals surface area (Å²) in [6.45, 7) is 2.65. The molecule has 0 unspecified atom stereocenters. The Morgan fingerprint density at radius 3 is 1.84 bits per heavy atom. The molecule has 0 spiro atoms. The van der Waals surface area contributed by atoms with Crippen LogP contribution < -0.4 is 0 Å². The van der Waals surface area contributed by atoms with E-state index in [4.69, 9.17) is 28.0 Å². The highest BCUT2D eigenvalue weighted by Crippen LogP contribution is 2.64. The molecule has 0 radical (unpaired) electrons. The van der Waals surface area contributed by atoms with Crippen LogP contribution in [0.2, 0.25) is 0 Å². The van der Waals surface area contributed by atoms with E-state index in [1.165, 1.54) is 21.0 Å². The highest BCUT2D eigenvalue weighted by Gasteiger charge is 2.58. The maximum atomic E-state index is 15.3. The van der Waals surface area contributed by atoms with E-state index in [1.54, 1.807) is 0 Å². The van der Waals surface area contributed by atoms with Crippen LogP contribution in [0.4, 0.5) is 8.78 Å². The molecule has 0 saturated carbocycles. The number of alkyl halides is 2. The minimum atomic E-state index is -4.83. The van der Waals surface area contributed by atoms with Gasteiger partial charge in [0.2, 0.25) is 0 Å². The maximum Gasteiger partial charge on any atom is 0.399 e. The molecule has 0 aliphatic carbocycles. The zero-order valence-corrected chi connectivity index (χ0v) is 22.1. The van der Waals surface area contributed by atoms with Gasteiger partial charge in [0.25, 0.3) is 0 Å². The first-order valence-corrected chi connectivity index (χ1v) is 13.7. The first kappa shape index (κ1) is 29.8. The Morgan fingerprint density at radius 2 is 1.38 bits per heavy atom. The number of methoxy groups -OCH3 is 1. The molecule has 2 aromatic rings.